The highest BCUT2D eigenvalue weighted by atomic mass is 32.2. The molecule has 0 fully saturated rings. The van der Waals surface area contributed by atoms with Gasteiger partial charge >= 0.3 is 0 Å². The van der Waals surface area contributed by atoms with Crippen LogP contribution >= 0.6 is 23.1 Å². The Hall–Kier alpha value is -1.06. The molecule has 0 atom stereocenters. The van der Waals surface area contributed by atoms with Gasteiger partial charge in [-0.15, -0.1) is 11.3 Å². The van der Waals surface area contributed by atoms with Crippen molar-refractivity contribution in [3.63, 3.8) is 0 Å². The zero-order chi connectivity index (χ0) is 13.2. The van der Waals surface area contributed by atoms with Crippen molar-refractivity contribution in [1.82, 2.24) is 0 Å². The third kappa shape index (κ3) is 2.63. The minimum absolute atomic E-state index is 0.180. The highest BCUT2D eigenvalue weighted by Crippen LogP contribution is 2.32. The molecule has 0 N–H and O–H groups in total. The van der Waals surface area contributed by atoms with Crippen LogP contribution in [0.25, 0.3) is 0 Å². The van der Waals surface area contributed by atoms with Gasteiger partial charge < -0.3 is 0 Å². The Kier molecular flexibility index (Phi) is 3.76. The molecule has 1 aromatic carbocycles. The number of thiophene rings is 1. The van der Waals surface area contributed by atoms with Crippen LogP contribution in [0.3, 0.4) is 0 Å². The average Bonchev–Trinajstić information content (AvgIpc) is 2.90. The van der Waals surface area contributed by atoms with Gasteiger partial charge in [-0.2, -0.15) is 11.8 Å². The molecule has 0 bridgehead atoms. The first kappa shape index (κ1) is 12.9. The lowest BCUT2D eigenvalue weighted by Gasteiger charge is -2.08. The van der Waals surface area contributed by atoms with E-state index in [2.05, 4.69) is 19.1 Å². The number of aryl methyl sites for hydroxylation is 2. The SMILES string of the molecule is CCc1cccc(C(=O)c2cc3c(s2)CCSC3)c1. The minimum Gasteiger partial charge on any atom is -0.288 e. The van der Waals surface area contributed by atoms with Crippen LogP contribution in [-0.4, -0.2) is 11.5 Å². The highest BCUT2D eigenvalue weighted by molar-refractivity contribution is 7.98. The summed E-state index contributed by atoms with van der Waals surface area (Å²) in [6, 6.07) is 10.1. The van der Waals surface area contributed by atoms with Crippen molar-refractivity contribution in [3.8, 4) is 0 Å². The van der Waals surface area contributed by atoms with Crippen LogP contribution in [0, 0.1) is 0 Å². The molecule has 0 saturated carbocycles. The summed E-state index contributed by atoms with van der Waals surface area (Å²) in [6.07, 6.45) is 2.09. The van der Waals surface area contributed by atoms with Gasteiger partial charge in [0.25, 0.3) is 0 Å². The molecule has 0 radical (unpaired) electrons. The third-order valence-electron chi connectivity index (χ3n) is 3.45. The number of hydrogen-bond acceptors (Lipinski definition) is 3. The maximum Gasteiger partial charge on any atom is 0.202 e. The van der Waals surface area contributed by atoms with E-state index in [0.29, 0.717) is 0 Å². The van der Waals surface area contributed by atoms with Gasteiger partial charge in [-0.05, 0) is 41.9 Å². The van der Waals surface area contributed by atoms with Crippen molar-refractivity contribution >= 4 is 28.9 Å². The summed E-state index contributed by atoms with van der Waals surface area (Å²) in [6.45, 7) is 2.12. The number of benzene rings is 1. The number of carbonyl (C=O) groups is 1. The standard InChI is InChI=1S/C16H16OS2/c1-2-11-4-3-5-12(8-11)16(17)15-9-13-10-18-7-6-14(13)19-15/h3-5,8-9H,2,6-7,10H2,1H3. The molecule has 0 saturated heterocycles. The van der Waals surface area contributed by atoms with Gasteiger partial charge in [-0.3, -0.25) is 4.79 Å². The monoisotopic (exact) mass is 288 g/mol. The summed E-state index contributed by atoms with van der Waals surface area (Å²) in [7, 11) is 0. The summed E-state index contributed by atoms with van der Waals surface area (Å²) < 4.78 is 0. The molecule has 0 spiro atoms. The number of carbonyl (C=O) groups excluding carboxylic acids is 1. The zero-order valence-corrected chi connectivity index (χ0v) is 12.6. The van der Waals surface area contributed by atoms with Crippen LogP contribution < -0.4 is 0 Å². The van der Waals surface area contributed by atoms with Gasteiger partial charge in [0.2, 0.25) is 5.78 Å². The van der Waals surface area contributed by atoms with E-state index in [1.54, 1.807) is 11.3 Å². The van der Waals surface area contributed by atoms with Crippen LogP contribution in [0.4, 0.5) is 0 Å². The van der Waals surface area contributed by atoms with E-state index in [9.17, 15) is 4.79 Å². The van der Waals surface area contributed by atoms with Crippen LogP contribution in [0.2, 0.25) is 0 Å². The second-order valence-electron chi connectivity index (χ2n) is 4.74. The van der Waals surface area contributed by atoms with E-state index in [-0.39, 0.29) is 5.78 Å². The molecule has 1 nitrogen and oxygen atoms in total. The molecule has 1 aliphatic heterocycles. The number of fused-ring (bicyclic) bond motifs is 1. The fourth-order valence-electron chi connectivity index (χ4n) is 2.33. The van der Waals surface area contributed by atoms with Gasteiger partial charge in [-0.25, -0.2) is 0 Å². The summed E-state index contributed by atoms with van der Waals surface area (Å²) >= 11 is 3.65. The van der Waals surface area contributed by atoms with Crippen LogP contribution in [0.5, 0.6) is 0 Å². The van der Waals surface area contributed by atoms with E-state index in [1.807, 2.05) is 30.0 Å². The fraction of sp³-hybridized carbons (Fsp3) is 0.312. The quantitative estimate of drug-likeness (QED) is 0.782. The van der Waals surface area contributed by atoms with Crippen molar-refractivity contribution in [2.75, 3.05) is 5.75 Å². The van der Waals surface area contributed by atoms with E-state index >= 15 is 0 Å². The molecule has 0 amide bonds. The highest BCUT2D eigenvalue weighted by Gasteiger charge is 2.18. The molecular weight excluding hydrogens is 272 g/mol. The summed E-state index contributed by atoms with van der Waals surface area (Å²) in [5.41, 5.74) is 3.42. The van der Waals surface area contributed by atoms with Gasteiger partial charge in [0.15, 0.2) is 0 Å². The maximum atomic E-state index is 12.5. The van der Waals surface area contributed by atoms with Crippen molar-refractivity contribution in [1.29, 1.82) is 0 Å². The van der Waals surface area contributed by atoms with E-state index in [0.717, 1.165) is 29.0 Å². The molecule has 2 heterocycles. The number of rotatable bonds is 3. The Morgan fingerprint density at radius 3 is 3.00 bits per heavy atom. The lowest BCUT2D eigenvalue weighted by Crippen LogP contribution is -1.99. The van der Waals surface area contributed by atoms with Crippen LogP contribution in [0.15, 0.2) is 30.3 Å². The zero-order valence-electron chi connectivity index (χ0n) is 10.9. The minimum atomic E-state index is 0.180. The van der Waals surface area contributed by atoms with Gasteiger partial charge in [0.05, 0.1) is 4.88 Å². The van der Waals surface area contributed by atoms with Crippen molar-refractivity contribution < 1.29 is 4.79 Å². The normalized spacial score (nSPS) is 14.2. The molecule has 0 aliphatic carbocycles. The summed E-state index contributed by atoms with van der Waals surface area (Å²) in [5, 5.41) is 0. The van der Waals surface area contributed by atoms with E-state index in [1.165, 1.54) is 21.8 Å². The molecule has 0 unspecified atom stereocenters. The maximum absolute atomic E-state index is 12.5. The average molecular weight is 288 g/mol. The molecule has 1 aromatic heterocycles. The van der Waals surface area contributed by atoms with Crippen LogP contribution in [-0.2, 0) is 18.6 Å². The van der Waals surface area contributed by atoms with Crippen LogP contribution in [0.1, 0.15) is 38.2 Å². The first-order valence-corrected chi connectivity index (χ1v) is 8.58. The molecule has 19 heavy (non-hydrogen) atoms. The Morgan fingerprint density at radius 1 is 1.32 bits per heavy atom. The fourth-order valence-corrected chi connectivity index (χ4v) is 4.67. The van der Waals surface area contributed by atoms with Gasteiger partial charge in [-0.1, -0.05) is 25.1 Å². The molecule has 2 aromatic rings. The second kappa shape index (κ2) is 5.51. The summed E-state index contributed by atoms with van der Waals surface area (Å²) in [4.78, 5) is 14.9. The topological polar surface area (TPSA) is 17.1 Å². The Morgan fingerprint density at radius 2 is 2.21 bits per heavy atom. The predicted octanol–water partition coefficient (Wildman–Crippen LogP) is 4.33. The lowest BCUT2D eigenvalue weighted by atomic mass is 10.0. The summed E-state index contributed by atoms with van der Waals surface area (Å²) in [5.74, 6) is 2.43. The predicted molar refractivity (Wildman–Crippen MR) is 83.4 cm³/mol. The number of hydrogen-bond donors (Lipinski definition) is 0. The molecular formula is C16H16OS2. The number of ketones is 1. The van der Waals surface area contributed by atoms with Gasteiger partial charge in [0.1, 0.15) is 0 Å². The lowest BCUT2D eigenvalue weighted by molar-refractivity contribution is 0.104. The molecule has 3 heteroatoms. The first-order valence-electron chi connectivity index (χ1n) is 6.61. The van der Waals surface area contributed by atoms with Crippen molar-refractivity contribution in [3.05, 3.63) is 56.8 Å². The smallest absolute Gasteiger partial charge is 0.202 e. The Bertz CT molecular complexity index is 589. The molecule has 98 valence electrons. The Balaban J connectivity index is 1.92. The largest absolute Gasteiger partial charge is 0.288 e. The molecule has 1 aliphatic rings. The number of thioether (sulfide) groups is 1. The first-order chi connectivity index (χ1) is 9.28. The Labute approximate surface area is 122 Å². The van der Waals surface area contributed by atoms with Gasteiger partial charge in [0, 0.05) is 16.2 Å². The van der Waals surface area contributed by atoms with E-state index in [4.69, 9.17) is 0 Å². The molecule has 3 rings (SSSR count). The van der Waals surface area contributed by atoms with E-state index < -0.39 is 0 Å². The second-order valence-corrected chi connectivity index (χ2v) is 6.99. The van der Waals surface area contributed by atoms with Crippen molar-refractivity contribution in [2.45, 2.75) is 25.5 Å². The van der Waals surface area contributed by atoms with Crippen molar-refractivity contribution in [2.24, 2.45) is 0 Å². The third-order valence-corrected chi connectivity index (χ3v) is 5.69.